The Morgan fingerprint density at radius 3 is 2.34 bits per heavy atom. The van der Waals surface area contributed by atoms with Gasteiger partial charge < -0.3 is 5.32 Å². The zero-order chi connectivity index (χ0) is 20.9. The molecule has 1 fully saturated rings. The first kappa shape index (κ1) is 21.9. The summed E-state index contributed by atoms with van der Waals surface area (Å²) in [5, 5.41) is 3.12. The summed E-state index contributed by atoms with van der Waals surface area (Å²) >= 11 is 1.15. The topological polar surface area (TPSA) is 89.0 Å². The van der Waals surface area contributed by atoms with Crippen LogP contribution in [0.3, 0.4) is 0 Å². The summed E-state index contributed by atoms with van der Waals surface area (Å²) in [4.78, 5) is 17.5. The SMILES string of the molecule is CCCC(CCC)C[C@@H](C(=O)Nc1ncns1)c1ccc(S(=O)(=O)C2CC2)cc1. The van der Waals surface area contributed by atoms with Crippen LogP contribution in [0.5, 0.6) is 0 Å². The second kappa shape index (κ2) is 9.80. The molecule has 1 aromatic heterocycles. The van der Waals surface area contributed by atoms with Gasteiger partial charge in [0.1, 0.15) is 6.33 Å². The van der Waals surface area contributed by atoms with Gasteiger partial charge in [-0.25, -0.2) is 13.4 Å². The number of amides is 1. The van der Waals surface area contributed by atoms with Crippen LogP contribution in [0.25, 0.3) is 0 Å². The molecule has 0 spiro atoms. The first-order valence-corrected chi connectivity index (χ1v) is 12.7. The molecular formula is C21H29N3O3S2. The van der Waals surface area contributed by atoms with Crippen LogP contribution in [0.15, 0.2) is 35.5 Å². The number of carbonyl (C=O) groups is 1. The number of benzene rings is 1. The molecule has 8 heteroatoms. The molecule has 1 aromatic carbocycles. The zero-order valence-electron chi connectivity index (χ0n) is 17.0. The van der Waals surface area contributed by atoms with Crippen LogP contribution in [0.4, 0.5) is 5.13 Å². The lowest BCUT2D eigenvalue weighted by Gasteiger charge is -2.23. The Morgan fingerprint density at radius 1 is 1.17 bits per heavy atom. The summed E-state index contributed by atoms with van der Waals surface area (Å²) in [7, 11) is -3.23. The fourth-order valence-corrected chi connectivity index (χ4v) is 5.90. The highest BCUT2D eigenvalue weighted by molar-refractivity contribution is 7.92. The number of nitrogens with zero attached hydrogens (tertiary/aromatic N) is 2. The summed E-state index contributed by atoms with van der Waals surface area (Å²) in [5.41, 5.74) is 0.846. The molecule has 158 valence electrons. The average molecular weight is 436 g/mol. The Labute approximate surface area is 177 Å². The smallest absolute Gasteiger partial charge is 0.233 e. The summed E-state index contributed by atoms with van der Waals surface area (Å²) in [6, 6.07) is 6.91. The third kappa shape index (κ3) is 5.63. The number of carbonyl (C=O) groups excluding carboxylic acids is 1. The van der Waals surface area contributed by atoms with Gasteiger partial charge in [-0.3, -0.25) is 4.79 Å². The lowest BCUT2D eigenvalue weighted by molar-refractivity contribution is -0.118. The average Bonchev–Trinajstić information content (AvgIpc) is 3.45. The van der Waals surface area contributed by atoms with E-state index in [9.17, 15) is 13.2 Å². The Bertz CT molecular complexity index is 886. The third-order valence-corrected chi connectivity index (χ3v) is 8.30. The first-order chi connectivity index (χ1) is 14.0. The van der Waals surface area contributed by atoms with Gasteiger partial charge in [0.25, 0.3) is 0 Å². The molecule has 1 heterocycles. The minimum atomic E-state index is -3.23. The fraction of sp³-hybridized carbons (Fsp3) is 0.571. The summed E-state index contributed by atoms with van der Waals surface area (Å²) in [6.07, 6.45) is 7.95. The lowest BCUT2D eigenvalue weighted by Crippen LogP contribution is -2.23. The number of hydrogen-bond donors (Lipinski definition) is 1. The quantitative estimate of drug-likeness (QED) is 0.547. The van der Waals surface area contributed by atoms with Gasteiger partial charge >= 0.3 is 0 Å². The van der Waals surface area contributed by atoms with Crippen LogP contribution < -0.4 is 5.32 Å². The molecule has 1 saturated carbocycles. The second-order valence-corrected chi connectivity index (χ2v) is 10.8. The van der Waals surface area contributed by atoms with E-state index < -0.39 is 9.84 Å². The van der Waals surface area contributed by atoms with E-state index >= 15 is 0 Å². The molecule has 3 rings (SSSR count). The molecule has 0 aliphatic heterocycles. The minimum absolute atomic E-state index is 0.114. The summed E-state index contributed by atoms with van der Waals surface area (Å²) in [6.45, 7) is 4.33. The number of nitrogens with one attached hydrogen (secondary N) is 1. The molecule has 1 amide bonds. The number of hydrogen-bond acceptors (Lipinski definition) is 6. The molecule has 1 aliphatic carbocycles. The normalized spacial score (nSPS) is 15.4. The standard InChI is InChI=1S/C21H29N3O3S2/c1-3-5-15(6-4-2)13-19(20(25)24-21-22-14-23-28-21)16-7-9-17(10-8-16)29(26,27)18-11-12-18/h7-10,14-15,18-19H,3-6,11-13H2,1-2H3,(H,22,23,24,25)/t19-/m1/s1. The highest BCUT2D eigenvalue weighted by Crippen LogP contribution is 2.35. The Hall–Kier alpha value is -1.80. The predicted molar refractivity (Wildman–Crippen MR) is 116 cm³/mol. The first-order valence-electron chi connectivity index (χ1n) is 10.4. The van der Waals surface area contributed by atoms with E-state index in [1.807, 2.05) is 0 Å². The largest absolute Gasteiger partial charge is 0.300 e. The van der Waals surface area contributed by atoms with E-state index in [0.717, 1.165) is 62.0 Å². The zero-order valence-corrected chi connectivity index (χ0v) is 18.6. The maximum Gasteiger partial charge on any atom is 0.233 e. The van der Waals surface area contributed by atoms with Crippen LogP contribution >= 0.6 is 11.5 Å². The van der Waals surface area contributed by atoms with Gasteiger partial charge in [0.05, 0.1) is 16.1 Å². The van der Waals surface area contributed by atoms with Crippen molar-refractivity contribution in [1.82, 2.24) is 9.36 Å². The second-order valence-electron chi connectivity index (χ2n) is 7.78. The molecule has 6 nitrogen and oxygen atoms in total. The number of sulfone groups is 1. The Balaban J connectivity index is 1.83. The molecule has 0 unspecified atom stereocenters. The van der Waals surface area contributed by atoms with Gasteiger partial charge in [-0.2, -0.15) is 4.37 Å². The van der Waals surface area contributed by atoms with Gasteiger partial charge in [-0.1, -0.05) is 51.7 Å². The van der Waals surface area contributed by atoms with E-state index in [2.05, 4.69) is 28.5 Å². The third-order valence-electron chi connectivity index (χ3n) is 5.45. The number of aromatic nitrogens is 2. The van der Waals surface area contributed by atoms with E-state index in [1.54, 1.807) is 24.3 Å². The molecule has 2 aromatic rings. The lowest BCUT2D eigenvalue weighted by atomic mass is 9.84. The highest BCUT2D eigenvalue weighted by Gasteiger charge is 2.37. The fourth-order valence-electron chi connectivity index (χ4n) is 3.81. The van der Waals surface area contributed by atoms with Gasteiger partial charge in [0.15, 0.2) is 9.84 Å². The van der Waals surface area contributed by atoms with Crippen molar-refractivity contribution in [1.29, 1.82) is 0 Å². The van der Waals surface area contributed by atoms with Crippen molar-refractivity contribution in [2.75, 3.05) is 5.32 Å². The minimum Gasteiger partial charge on any atom is -0.300 e. The van der Waals surface area contributed by atoms with Gasteiger partial charge in [-0.05, 0) is 42.9 Å². The predicted octanol–water partition coefficient (Wildman–Crippen LogP) is 4.80. The van der Waals surface area contributed by atoms with Crippen molar-refractivity contribution < 1.29 is 13.2 Å². The van der Waals surface area contributed by atoms with E-state index in [-0.39, 0.29) is 17.1 Å². The van der Waals surface area contributed by atoms with Crippen molar-refractivity contribution in [3.8, 4) is 0 Å². The van der Waals surface area contributed by atoms with E-state index in [1.165, 1.54) is 6.33 Å². The van der Waals surface area contributed by atoms with Crippen LogP contribution in [-0.2, 0) is 14.6 Å². The maximum absolute atomic E-state index is 13.1. The number of anilines is 1. The molecule has 1 N–H and O–H groups in total. The number of rotatable bonds is 11. The molecule has 1 aliphatic rings. The monoisotopic (exact) mass is 435 g/mol. The summed E-state index contributed by atoms with van der Waals surface area (Å²) in [5.74, 6) is -0.0125. The molecule has 0 radical (unpaired) electrons. The van der Waals surface area contributed by atoms with Crippen LogP contribution in [0.1, 0.15) is 70.3 Å². The van der Waals surface area contributed by atoms with Crippen LogP contribution in [0, 0.1) is 5.92 Å². The molecular weight excluding hydrogens is 406 g/mol. The van der Waals surface area contributed by atoms with E-state index in [4.69, 9.17) is 0 Å². The van der Waals surface area contributed by atoms with Crippen molar-refractivity contribution in [2.24, 2.45) is 5.92 Å². The van der Waals surface area contributed by atoms with Gasteiger partial charge in [-0.15, -0.1) is 0 Å². The van der Waals surface area contributed by atoms with Gasteiger partial charge in [0, 0.05) is 11.5 Å². The van der Waals surface area contributed by atoms with Crippen LogP contribution in [-0.4, -0.2) is 28.9 Å². The van der Waals surface area contributed by atoms with Gasteiger partial charge in [0.2, 0.25) is 11.0 Å². The van der Waals surface area contributed by atoms with Crippen molar-refractivity contribution in [3.05, 3.63) is 36.2 Å². The molecule has 1 atom stereocenters. The molecule has 29 heavy (non-hydrogen) atoms. The Kier molecular flexibility index (Phi) is 7.40. The van der Waals surface area contributed by atoms with Crippen LogP contribution in [0.2, 0.25) is 0 Å². The highest BCUT2D eigenvalue weighted by atomic mass is 32.2. The molecule has 0 saturated heterocycles. The molecule has 0 bridgehead atoms. The van der Waals surface area contributed by atoms with Crippen molar-refractivity contribution in [2.45, 2.75) is 74.9 Å². The van der Waals surface area contributed by atoms with Crippen molar-refractivity contribution >= 4 is 32.4 Å². The summed E-state index contributed by atoms with van der Waals surface area (Å²) < 4.78 is 28.9. The van der Waals surface area contributed by atoms with Crippen molar-refractivity contribution in [3.63, 3.8) is 0 Å². The Morgan fingerprint density at radius 2 is 1.83 bits per heavy atom. The van der Waals surface area contributed by atoms with E-state index in [0.29, 0.717) is 15.9 Å². The maximum atomic E-state index is 13.1.